The minimum atomic E-state index is -0.314. The number of rotatable bonds is 1. The van der Waals surface area contributed by atoms with E-state index in [-0.39, 0.29) is 5.82 Å². The van der Waals surface area contributed by atoms with Crippen LogP contribution in [0.3, 0.4) is 0 Å². The van der Waals surface area contributed by atoms with Crippen LogP contribution in [0.5, 0.6) is 0 Å². The first-order valence-corrected chi connectivity index (χ1v) is 5.56. The predicted octanol–water partition coefficient (Wildman–Crippen LogP) is 2.97. The van der Waals surface area contributed by atoms with Crippen molar-refractivity contribution in [3.63, 3.8) is 0 Å². The van der Waals surface area contributed by atoms with E-state index in [9.17, 15) is 4.39 Å². The minimum Gasteiger partial charge on any atom is -0.369 e. The Bertz CT molecular complexity index is 548. The maximum absolute atomic E-state index is 13.5. The lowest BCUT2D eigenvalue weighted by Gasteiger charge is -2.09. The number of hydrogen-bond acceptors (Lipinski definition) is 2. The van der Waals surface area contributed by atoms with Crippen LogP contribution in [0.1, 0.15) is 11.3 Å². The summed E-state index contributed by atoms with van der Waals surface area (Å²) in [5.41, 5.74) is 8.19. The molecule has 1 aromatic heterocycles. The van der Waals surface area contributed by atoms with Crippen molar-refractivity contribution in [2.24, 2.45) is 0 Å². The largest absolute Gasteiger partial charge is 0.369 e. The molecule has 0 fully saturated rings. The molecule has 3 nitrogen and oxygen atoms in total. The fourth-order valence-corrected chi connectivity index (χ4v) is 2.06. The highest BCUT2D eigenvalue weighted by atomic mass is 79.9. The van der Waals surface area contributed by atoms with E-state index in [4.69, 9.17) is 5.73 Å². The van der Waals surface area contributed by atoms with Gasteiger partial charge in [0.15, 0.2) is 0 Å². The third kappa shape index (κ3) is 1.82. The average molecular weight is 284 g/mol. The molecule has 2 rings (SSSR count). The first-order chi connectivity index (χ1) is 7.49. The SMILES string of the molecule is Cc1cn(-c2cc(F)c(Br)cc2C)c(N)n1. The van der Waals surface area contributed by atoms with E-state index in [1.807, 2.05) is 13.8 Å². The second-order valence-corrected chi connectivity index (χ2v) is 4.52. The molecule has 0 bridgehead atoms. The highest BCUT2D eigenvalue weighted by Gasteiger charge is 2.10. The Morgan fingerprint density at radius 3 is 2.62 bits per heavy atom. The summed E-state index contributed by atoms with van der Waals surface area (Å²) in [7, 11) is 0. The summed E-state index contributed by atoms with van der Waals surface area (Å²) in [6.45, 7) is 3.74. The Morgan fingerprint density at radius 2 is 2.06 bits per heavy atom. The van der Waals surface area contributed by atoms with Gasteiger partial charge in [0.2, 0.25) is 5.95 Å². The molecule has 0 radical (unpaired) electrons. The van der Waals surface area contributed by atoms with Crippen LogP contribution < -0.4 is 5.73 Å². The van der Waals surface area contributed by atoms with Crippen LogP contribution in [0.25, 0.3) is 5.69 Å². The summed E-state index contributed by atoms with van der Waals surface area (Å²) < 4.78 is 15.6. The molecule has 1 heterocycles. The number of nitrogens with two attached hydrogens (primary N) is 1. The normalized spacial score (nSPS) is 10.8. The van der Waals surface area contributed by atoms with Gasteiger partial charge in [0.25, 0.3) is 0 Å². The Labute approximate surface area is 101 Å². The first-order valence-electron chi connectivity index (χ1n) is 4.76. The molecular formula is C11H11BrFN3. The lowest BCUT2D eigenvalue weighted by molar-refractivity contribution is 0.619. The van der Waals surface area contributed by atoms with Gasteiger partial charge >= 0.3 is 0 Å². The van der Waals surface area contributed by atoms with Crippen molar-refractivity contribution in [1.82, 2.24) is 9.55 Å². The molecule has 0 unspecified atom stereocenters. The van der Waals surface area contributed by atoms with E-state index in [1.165, 1.54) is 6.07 Å². The number of benzene rings is 1. The number of anilines is 1. The van der Waals surface area contributed by atoms with Gasteiger partial charge < -0.3 is 5.73 Å². The number of aryl methyl sites for hydroxylation is 2. The van der Waals surface area contributed by atoms with Gasteiger partial charge in [-0.1, -0.05) is 0 Å². The third-order valence-electron chi connectivity index (χ3n) is 2.35. The molecule has 0 atom stereocenters. The molecule has 0 aliphatic carbocycles. The fourth-order valence-electron chi connectivity index (χ4n) is 1.60. The van der Waals surface area contributed by atoms with E-state index in [1.54, 1.807) is 16.8 Å². The van der Waals surface area contributed by atoms with Crippen molar-refractivity contribution in [3.8, 4) is 5.69 Å². The summed E-state index contributed by atoms with van der Waals surface area (Å²) in [6.07, 6.45) is 1.78. The lowest BCUT2D eigenvalue weighted by Crippen LogP contribution is -2.02. The Balaban J connectivity index is 2.64. The van der Waals surface area contributed by atoms with Crippen molar-refractivity contribution >= 4 is 21.9 Å². The van der Waals surface area contributed by atoms with Crippen molar-refractivity contribution in [2.75, 3.05) is 5.73 Å². The van der Waals surface area contributed by atoms with Crippen molar-refractivity contribution in [2.45, 2.75) is 13.8 Å². The Kier molecular flexibility index (Phi) is 2.71. The van der Waals surface area contributed by atoms with Crippen LogP contribution in [0.15, 0.2) is 22.8 Å². The molecule has 2 aromatic rings. The number of nitrogens with zero attached hydrogens (tertiary/aromatic N) is 2. The van der Waals surface area contributed by atoms with Crippen LogP contribution in [-0.2, 0) is 0 Å². The summed E-state index contributed by atoms with van der Waals surface area (Å²) >= 11 is 3.15. The van der Waals surface area contributed by atoms with Gasteiger partial charge in [0, 0.05) is 6.20 Å². The fraction of sp³-hybridized carbons (Fsp3) is 0.182. The van der Waals surface area contributed by atoms with Crippen LogP contribution in [-0.4, -0.2) is 9.55 Å². The second kappa shape index (κ2) is 3.90. The van der Waals surface area contributed by atoms with Gasteiger partial charge in [-0.3, -0.25) is 4.57 Å². The zero-order valence-corrected chi connectivity index (χ0v) is 10.5. The maximum Gasteiger partial charge on any atom is 0.205 e. The highest BCUT2D eigenvalue weighted by molar-refractivity contribution is 9.10. The molecule has 0 aliphatic rings. The molecule has 0 saturated carbocycles. The number of imidazole rings is 1. The van der Waals surface area contributed by atoms with Crippen LogP contribution in [0.4, 0.5) is 10.3 Å². The molecule has 0 spiro atoms. The summed E-state index contributed by atoms with van der Waals surface area (Å²) in [6, 6.07) is 3.16. The van der Waals surface area contributed by atoms with Gasteiger partial charge in [-0.15, -0.1) is 0 Å². The zero-order valence-electron chi connectivity index (χ0n) is 8.96. The summed E-state index contributed by atoms with van der Waals surface area (Å²) in [5, 5.41) is 0. The third-order valence-corrected chi connectivity index (χ3v) is 2.96. The van der Waals surface area contributed by atoms with Crippen molar-refractivity contribution in [1.29, 1.82) is 0 Å². The van der Waals surface area contributed by atoms with Crippen LogP contribution >= 0.6 is 15.9 Å². The van der Waals surface area contributed by atoms with E-state index in [0.29, 0.717) is 16.1 Å². The standard InChI is InChI=1S/C11H11BrFN3/c1-6-3-8(12)9(13)4-10(6)16-5-7(2)15-11(16)14/h3-5H,1-2H3,(H2,14,15). The topological polar surface area (TPSA) is 43.8 Å². The molecule has 5 heteroatoms. The molecule has 2 N–H and O–H groups in total. The van der Waals surface area contributed by atoms with E-state index < -0.39 is 0 Å². The van der Waals surface area contributed by atoms with Gasteiger partial charge in [-0.25, -0.2) is 9.37 Å². The van der Waals surface area contributed by atoms with Crippen molar-refractivity contribution < 1.29 is 4.39 Å². The maximum atomic E-state index is 13.5. The van der Waals surface area contributed by atoms with E-state index in [0.717, 1.165) is 11.3 Å². The molecule has 1 aromatic carbocycles. The first kappa shape index (κ1) is 11.1. The average Bonchev–Trinajstić information content (AvgIpc) is 2.51. The Morgan fingerprint density at radius 1 is 1.38 bits per heavy atom. The number of halogens is 2. The summed E-state index contributed by atoms with van der Waals surface area (Å²) in [5.74, 6) is 0.0497. The molecular weight excluding hydrogens is 273 g/mol. The minimum absolute atomic E-state index is 0.314. The van der Waals surface area contributed by atoms with Gasteiger partial charge in [0.05, 0.1) is 15.9 Å². The molecule has 84 valence electrons. The quantitative estimate of drug-likeness (QED) is 0.875. The van der Waals surface area contributed by atoms with Gasteiger partial charge in [-0.2, -0.15) is 0 Å². The monoisotopic (exact) mass is 283 g/mol. The van der Waals surface area contributed by atoms with Crippen LogP contribution in [0.2, 0.25) is 0 Å². The number of hydrogen-bond donors (Lipinski definition) is 1. The molecule has 0 saturated heterocycles. The van der Waals surface area contributed by atoms with Gasteiger partial charge in [0.1, 0.15) is 5.82 Å². The molecule has 0 aliphatic heterocycles. The van der Waals surface area contributed by atoms with Gasteiger partial charge in [-0.05, 0) is 47.5 Å². The number of aromatic nitrogens is 2. The second-order valence-electron chi connectivity index (χ2n) is 3.66. The summed E-state index contributed by atoms with van der Waals surface area (Å²) in [4.78, 5) is 4.09. The Hall–Kier alpha value is -1.36. The zero-order chi connectivity index (χ0) is 11.9. The van der Waals surface area contributed by atoms with E-state index >= 15 is 0 Å². The predicted molar refractivity (Wildman–Crippen MR) is 65.1 cm³/mol. The van der Waals surface area contributed by atoms with Crippen LogP contribution in [0, 0.1) is 19.7 Å². The molecule has 16 heavy (non-hydrogen) atoms. The lowest BCUT2D eigenvalue weighted by atomic mass is 10.2. The highest BCUT2D eigenvalue weighted by Crippen LogP contribution is 2.24. The smallest absolute Gasteiger partial charge is 0.205 e. The van der Waals surface area contributed by atoms with Crippen molar-refractivity contribution in [3.05, 3.63) is 39.9 Å². The molecule has 0 amide bonds. The van der Waals surface area contributed by atoms with E-state index in [2.05, 4.69) is 20.9 Å². The number of nitrogen functional groups attached to an aromatic ring is 1.